The van der Waals surface area contributed by atoms with Crippen LogP contribution in [0.3, 0.4) is 0 Å². The highest BCUT2D eigenvalue weighted by molar-refractivity contribution is 5.89. The van der Waals surface area contributed by atoms with Crippen LogP contribution in [-0.4, -0.2) is 22.0 Å². The Morgan fingerprint density at radius 3 is 2.37 bits per heavy atom. The molecule has 0 aliphatic heterocycles. The van der Waals surface area contributed by atoms with Crippen LogP contribution in [-0.2, 0) is 4.79 Å². The molecular weight excluding hydrogens is 248 g/mol. The third kappa shape index (κ3) is 5.49. The third-order valence-electron chi connectivity index (χ3n) is 1.98. The van der Waals surface area contributed by atoms with Crippen molar-refractivity contribution in [3.63, 3.8) is 0 Å². The van der Waals surface area contributed by atoms with Gasteiger partial charge in [0.05, 0.1) is 11.8 Å². The van der Waals surface area contributed by atoms with Crippen LogP contribution in [0.2, 0.25) is 0 Å². The van der Waals surface area contributed by atoms with E-state index in [1.165, 1.54) is 25.3 Å². The van der Waals surface area contributed by atoms with Gasteiger partial charge in [-0.05, 0) is 31.2 Å². The summed E-state index contributed by atoms with van der Waals surface area (Å²) in [5, 5.41) is 11.0. The van der Waals surface area contributed by atoms with Crippen LogP contribution in [0.5, 0.6) is 0 Å². The molecule has 2 rings (SSSR count). The summed E-state index contributed by atoms with van der Waals surface area (Å²) in [4.78, 5) is 24.7. The van der Waals surface area contributed by atoms with E-state index in [4.69, 9.17) is 9.52 Å². The molecule has 0 aromatic carbocycles. The fourth-order valence-electron chi connectivity index (χ4n) is 1.14. The van der Waals surface area contributed by atoms with Gasteiger partial charge in [-0.15, -0.1) is 0 Å². The van der Waals surface area contributed by atoms with E-state index in [2.05, 4.69) is 10.3 Å². The Bertz CT molecular complexity index is 532. The molecule has 0 saturated carbocycles. The van der Waals surface area contributed by atoms with Crippen molar-refractivity contribution in [1.82, 2.24) is 4.98 Å². The van der Waals surface area contributed by atoms with Crippen LogP contribution in [0.4, 0.5) is 5.82 Å². The number of carboxylic acids is 1. The Morgan fingerprint density at radius 1 is 1.32 bits per heavy atom. The van der Waals surface area contributed by atoms with Crippen molar-refractivity contribution in [1.29, 1.82) is 0 Å². The quantitative estimate of drug-likeness (QED) is 0.866. The number of carboxylic acid groups (broad SMARTS) is 1. The van der Waals surface area contributed by atoms with Crippen LogP contribution in [0, 0.1) is 6.92 Å². The first kappa shape index (κ1) is 14.4. The average molecular weight is 262 g/mol. The predicted molar refractivity (Wildman–Crippen MR) is 68.9 cm³/mol. The molecule has 2 aromatic rings. The normalized spacial score (nSPS) is 9.16. The second-order valence-corrected chi connectivity index (χ2v) is 3.64. The summed E-state index contributed by atoms with van der Waals surface area (Å²) in [6, 6.07) is 6.60. The van der Waals surface area contributed by atoms with Crippen LogP contribution < -0.4 is 5.32 Å². The Morgan fingerprint density at radius 2 is 2.05 bits per heavy atom. The first-order chi connectivity index (χ1) is 8.99. The lowest BCUT2D eigenvalue weighted by atomic mass is 10.3. The Labute approximate surface area is 110 Å². The number of aromatic carboxylic acids is 1. The number of rotatable bonds is 2. The van der Waals surface area contributed by atoms with Crippen LogP contribution in [0.15, 0.2) is 41.1 Å². The second kappa shape index (κ2) is 6.95. The minimum absolute atomic E-state index is 0.0918. The second-order valence-electron chi connectivity index (χ2n) is 3.64. The van der Waals surface area contributed by atoms with Crippen molar-refractivity contribution in [2.45, 2.75) is 13.8 Å². The van der Waals surface area contributed by atoms with Crippen molar-refractivity contribution in [3.05, 3.63) is 48.0 Å². The first-order valence-corrected chi connectivity index (χ1v) is 5.46. The molecule has 2 N–H and O–H groups in total. The number of carbonyl (C=O) groups excluding carboxylic acids is 1. The number of aromatic nitrogens is 1. The minimum atomic E-state index is -1.04. The highest BCUT2D eigenvalue weighted by Gasteiger charge is 2.02. The topological polar surface area (TPSA) is 92.4 Å². The number of carbonyl (C=O) groups is 2. The molecule has 0 bridgehead atoms. The number of amides is 1. The van der Waals surface area contributed by atoms with E-state index in [1.807, 2.05) is 19.1 Å². The SMILES string of the molecule is CC(=O)Nc1ccc(C(=O)O)cn1.Cc1ccco1. The summed E-state index contributed by atoms with van der Waals surface area (Å²) in [7, 11) is 0. The molecule has 0 atom stereocenters. The Hall–Kier alpha value is -2.63. The van der Waals surface area contributed by atoms with Gasteiger partial charge in [0.15, 0.2) is 0 Å². The van der Waals surface area contributed by atoms with E-state index in [-0.39, 0.29) is 11.5 Å². The highest BCUT2D eigenvalue weighted by Crippen LogP contribution is 2.04. The smallest absolute Gasteiger partial charge is 0.337 e. The van der Waals surface area contributed by atoms with Gasteiger partial charge in [0.2, 0.25) is 5.91 Å². The fourth-order valence-corrected chi connectivity index (χ4v) is 1.14. The molecule has 6 nitrogen and oxygen atoms in total. The van der Waals surface area contributed by atoms with Crippen molar-refractivity contribution < 1.29 is 19.1 Å². The Kier molecular flexibility index (Phi) is 5.28. The zero-order chi connectivity index (χ0) is 14.3. The van der Waals surface area contributed by atoms with Gasteiger partial charge in [0.1, 0.15) is 11.6 Å². The molecule has 0 fully saturated rings. The first-order valence-electron chi connectivity index (χ1n) is 5.46. The number of nitrogens with one attached hydrogen (secondary N) is 1. The molecule has 100 valence electrons. The molecule has 19 heavy (non-hydrogen) atoms. The molecule has 0 radical (unpaired) electrons. The lowest BCUT2D eigenvalue weighted by Crippen LogP contribution is -2.07. The minimum Gasteiger partial charge on any atom is -0.478 e. The number of anilines is 1. The van der Waals surface area contributed by atoms with Gasteiger partial charge in [-0.2, -0.15) is 0 Å². The number of furan rings is 1. The van der Waals surface area contributed by atoms with Crippen LogP contribution in [0.1, 0.15) is 23.0 Å². The van der Waals surface area contributed by atoms with E-state index in [0.717, 1.165) is 5.76 Å². The summed E-state index contributed by atoms with van der Waals surface area (Å²) in [5.41, 5.74) is 0.0918. The van der Waals surface area contributed by atoms with Crippen LogP contribution >= 0.6 is 0 Å². The standard InChI is InChI=1S/C8H8N2O3.C5H6O/c1-5(11)10-7-3-2-6(4-9-7)8(12)13;1-5-3-2-4-6-5/h2-4H,1H3,(H,12,13)(H,9,10,11);2-4H,1H3. The number of hydrogen-bond donors (Lipinski definition) is 2. The molecule has 0 aliphatic rings. The van der Waals surface area contributed by atoms with Crippen molar-refractivity contribution >= 4 is 17.7 Å². The molecule has 0 unspecified atom stereocenters. The van der Waals surface area contributed by atoms with E-state index in [0.29, 0.717) is 5.82 Å². The average Bonchev–Trinajstić information content (AvgIpc) is 2.81. The molecule has 6 heteroatoms. The maximum absolute atomic E-state index is 10.6. The van der Waals surface area contributed by atoms with E-state index in [1.54, 1.807) is 6.26 Å². The van der Waals surface area contributed by atoms with Gasteiger partial charge in [0.25, 0.3) is 0 Å². The predicted octanol–water partition coefficient (Wildman–Crippen LogP) is 2.33. The molecular formula is C13H14N2O4. The summed E-state index contributed by atoms with van der Waals surface area (Å²) < 4.78 is 4.83. The molecule has 2 aromatic heterocycles. The number of nitrogens with zero attached hydrogens (tertiary/aromatic N) is 1. The summed E-state index contributed by atoms with van der Waals surface area (Å²) >= 11 is 0. The van der Waals surface area contributed by atoms with Crippen molar-refractivity contribution in [2.75, 3.05) is 5.32 Å². The van der Waals surface area contributed by atoms with Gasteiger partial charge in [0, 0.05) is 13.1 Å². The number of pyridine rings is 1. The number of hydrogen-bond acceptors (Lipinski definition) is 4. The monoisotopic (exact) mass is 262 g/mol. The van der Waals surface area contributed by atoms with Gasteiger partial charge in [-0.1, -0.05) is 0 Å². The fraction of sp³-hybridized carbons (Fsp3) is 0.154. The van der Waals surface area contributed by atoms with E-state index >= 15 is 0 Å². The summed E-state index contributed by atoms with van der Waals surface area (Å²) in [6.07, 6.45) is 2.85. The summed E-state index contributed by atoms with van der Waals surface area (Å²) in [5.74, 6) is 0.0324. The molecule has 2 heterocycles. The lowest BCUT2D eigenvalue weighted by molar-refractivity contribution is -0.114. The lowest BCUT2D eigenvalue weighted by Gasteiger charge is -1.99. The molecule has 0 spiro atoms. The maximum Gasteiger partial charge on any atom is 0.337 e. The molecule has 0 aliphatic carbocycles. The van der Waals surface area contributed by atoms with E-state index in [9.17, 15) is 9.59 Å². The van der Waals surface area contributed by atoms with Gasteiger partial charge in [-0.3, -0.25) is 4.79 Å². The van der Waals surface area contributed by atoms with Crippen LogP contribution in [0.25, 0.3) is 0 Å². The third-order valence-corrected chi connectivity index (χ3v) is 1.98. The van der Waals surface area contributed by atoms with Crippen molar-refractivity contribution in [2.24, 2.45) is 0 Å². The Balaban J connectivity index is 0.000000250. The largest absolute Gasteiger partial charge is 0.478 e. The molecule has 0 saturated heterocycles. The zero-order valence-electron chi connectivity index (χ0n) is 10.6. The van der Waals surface area contributed by atoms with Gasteiger partial charge >= 0.3 is 5.97 Å². The van der Waals surface area contributed by atoms with Gasteiger partial charge in [-0.25, -0.2) is 9.78 Å². The summed E-state index contributed by atoms with van der Waals surface area (Å²) in [6.45, 7) is 3.27. The maximum atomic E-state index is 10.6. The zero-order valence-corrected chi connectivity index (χ0v) is 10.6. The van der Waals surface area contributed by atoms with E-state index < -0.39 is 5.97 Å². The highest BCUT2D eigenvalue weighted by atomic mass is 16.4. The van der Waals surface area contributed by atoms with Crippen molar-refractivity contribution in [3.8, 4) is 0 Å². The number of aryl methyl sites for hydroxylation is 1. The van der Waals surface area contributed by atoms with Gasteiger partial charge < -0.3 is 14.8 Å². The molecule has 1 amide bonds.